The molecule has 1 aromatic rings. The number of rotatable bonds is 5. The van der Waals surface area contributed by atoms with Gasteiger partial charge in [-0.1, -0.05) is 6.92 Å². The molecule has 0 amide bonds. The van der Waals surface area contributed by atoms with Crippen LogP contribution in [0.4, 0.5) is 24.8 Å². The van der Waals surface area contributed by atoms with Gasteiger partial charge in [-0.25, -0.2) is 4.98 Å². The standard InChI is InChI=1S/C12H18F3N3O/c1-7(6-19)8(2)17-11-5-9(12(13,14)15)4-10(16-3)18-11/h4-5,7-8,19H,6H2,1-3H3,(H2,16,17,18). The zero-order chi connectivity index (χ0) is 14.6. The number of hydrogen-bond acceptors (Lipinski definition) is 4. The van der Waals surface area contributed by atoms with Gasteiger partial charge in [-0.3, -0.25) is 0 Å². The Hall–Kier alpha value is -1.50. The van der Waals surface area contributed by atoms with Gasteiger partial charge in [0, 0.05) is 19.7 Å². The Balaban J connectivity index is 3.01. The number of alkyl halides is 3. The molecular weight excluding hydrogens is 259 g/mol. The van der Waals surface area contributed by atoms with Gasteiger partial charge in [0.15, 0.2) is 0 Å². The highest BCUT2D eigenvalue weighted by Gasteiger charge is 2.31. The molecule has 0 radical (unpaired) electrons. The van der Waals surface area contributed by atoms with Gasteiger partial charge in [0.05, 0.1) is 5.56 Å². The van der Waals surface area contributed by atoms with Crippen LogP contribution in [0.1, 0.15) is 19.4 Å². The van der Waals surface area contributed by atoms with E-state index in [0.717, 1.165) is 12.1 Å². The summed E-state index contributed by atoms with van der Waals surface area (Å²) >= 11 is 0. The topological polar surface area (TPSA) is 57.2 Å². The maximum atomic E-state index is 12.7. The molecule has 0 aliphatic heterocycles. The summed E-state index contributed by atoms with van der Waals surface area (Å²) in [7, 11) is 1.51. The van der Waals surface area contributed by atoms with Crippen LogP contribution in [0, 0.1) is 5.92 Å². The summed E-state index contributed by atoms with van der Waals surface area (Å²) < 4.78 is 38.2. The molecule has 0 bridgehead atoms. The Morgan fingerprint density at radius 1 is 1.26 bits per heavy atom. The number of aliphatic hydroxyl groups excluding tert-OH is 1. The lowest BCUT2D eigenvalue weighted by atomic mass is 10.1. The first kappa shape index (κ1) is 15.6. The quantitative estimate of drug-likeness (QED) is 0.774. The van der Waals surface area contributed by atoms with Crippen LogP contribution in [-0.4, -0.2) is 29.8 Å². The lowest BCUT2D eigenvalue weighted by molar-refractivity contribution is -0.137. The van der Waals surface area contributed by atoms with Crippen LogP contribution in [0.15, 0.2) is 12.1 Å². The first-order valence-electron chi connectivity index (χ1n) is 5.92. The predicted molar refractivity (Wildman–Crippen MR) is 68.1 cm³/mol. The summed E-state index contributed by atoms with van der Waals surface area (Å²) in [5.74, 6) is 0.183. The Kier molecular flexibility index (Phi) is 4.99. The van der Waals surface area contributed by atoms with Gasteiger partial charge in [0.1, 0.15) is 11.6 Å². The maximum absolute atomic E-state index is 12.7. The van der Waals surface area contributed by atoms with E-state index >= 15 is 0 Å². The number of anilines is 2. The molecule has 0 aliphatic rings. The minimum absolute atomic E-state index is 0.0496. The lowest BCUT2D eigenvalue weighted by Crippen LogP contribution is -2.27. The monoisotopic (exact) mass is 277 g/mol. The molecule has 19 heavy (non-hydrogen) atoms. The number of pyridine rings is 1. The average Bonchev–Trinajstić information content (AvgIpc) is 2.36. The third kappa shape index (κ3) is 4.27. The second-order valence-electron chi connectivity index (χ2n) is 4.47. The van der Waals surface area contributed by atoms with Gasteiger partial charge in [0.25, 0.3) is 0 Å². The molecule has 0 saturated carbocycles. The molecule has 0 aliphatic carbocycles. The molecule has 1 aromatic heterocycles. The summed E-state index contributed by atoms with van der Waals surface area (Å²) in [4.78, 5) is 4.02. The Morgan fingerprint density at radius 2 is 1.84 bits per heavy atom. The summed E-state index contributed by atoms with van der Waals surface area (Å²) in [5.41, 5.74) is -0.766. The van der Waals surface area contributed by atoms with E-state index in [1.807, 2.05) is 0 Å². The number of aliphatic hydroxyl groups is 1. The van der Waals surface area contributed by atoms with Gasteiger partial charge in [-0.05, 0) is 25.0 Å². The summed E-state index contributed by atoms with van der Waals surface area (Å²) in [5, 5.41) is 14.5. The first-order valence-corrected chi connectivity index (χ1v) is 5.92. The third-order valence-corrected chi connectivity index (χ3v) is 2.93. The second-order valence-corrected chi connectivity index (χ2v) is 4.47. The van der Waals surface area contributed by atoms with Gasteiger partial charge >= 0.3 is 6.18 Å². The molecule has 1 rings (SSSR count). The van der Waals surface area contributed by atoms with Crippen molar-refractivity contribution in [2.75, 3.05) is 24.3 Å². The van der Waals surface area contributed by atoms with Crippen LogP contribution in [0.25, 0.3) is 0 Å². The highest BCUT2D eigenvalue weighted by atomic mass is 19.4. The van der Waals surface area contributed by atoms with E-state index in [0.29, 0.717) is 0 Å². The molecule has 4 nitrogen and oxygen atoms in total. The van der Waals surface area contributed by atoms with Crippen molar-refractivity contribution in [1.82, 2.24) is 4.98 Å². The van der Waals surface area contributed by atoms with Crippen molar-refractivity contribution in [3.8, 4) is 0 Å². The smallest absolute Gasteiger partial charge is 0.396 e. The average molecular weight is 277 g/mol. The van der Waals surface area contributed by atoms with Crippen LogP contribution in [0.2, 0.25) is 0 Å². The number of nitrogens with zero attached hydrogens (tertiary/aromatic N) is 1. The van der Waals surface area contributed by atoms with Crippen molar-refractivity contribution in [2.24, 2.45) is 5.92 Å². The Bertz CT molecular complexity index is 423. The highest BCUT2D eigenvalue weighted by Crippen LogP contribution is 2.32. The van der Waals surface area contributed by atoms with E-state index in [1.165, 1.54) is 7.05 Å². The zero-order valence-corrected chi connectivity index (χ0v) is 11.0. The summed E-state index contributed by atoms with van der Waals surface area (Å²) in [6, 6.07) is 1.72. The number of hydrogen-bond donors (Lipinski definition) is 3. The summed E-state index contributed by atoms with van der Waals surface area (Å²) in [6.45, 7) is 3.53. The molecule has 1 heterocycles. The fourth-order valence-corrected chi connectivity index (χ4v) is 1.43. The lowest BCUT2D eigenvalue weighted by Gasteiger charge is -2.21. The Morgan fingerprint density at radius 3 is 2.32 bits per heavy atom. The molecule has 0 saturated heterocycles. The van der Waals surface area contributed by atoms with Crippen molar-refractivity contribution in [1.29, 1.82) is 0 Å². The third-order valence-electron chi connectivity index (χ3n) is 2.93. The van der Waals surface area contributed by atoms with E-state index in [4.69, 9.17) is 5.11 Å². The molecular formula is C12H18F3N3O. The largest absolute Gasteiger partial charge is 0.416 e. The molecule has 108 valence electrons. The van der Waals surface area contributed by atoms with Crippen LogP contribution in [0.3, 0.4) is 0 Å². The fourth-order valence-electron chi connectivity index (χ4n) is 1.43. The van der Waals surface area contributed by atoms with Crippen molar-refractivity contribution in [3.63, 3.8) is 0 Å². The molecule has 0 spiro atoms. The van der Waals surface area contributed by atoms with E-state index in [9.17, 15) is 13.2 Å². The molecule has 7 heteroatoms. The van der Waals surface area contributed by atoms with Gasteiger partial charge in [0.2, 0.25) is 0 Å². The number of aromatic nitrogens is 1. The molecule has 3 N–H and O–H groups in total. The summed E-state index contributed by atoms with van der Waals surface area (Å²) in [6.07, 6.45) is -4.42. The first-order chi connectivity index (χ1) is 8.77. The van der Waals surface area contributed by atoms with Crippen LogP contribution >= 0.6 is 0 Å². The molecule has 0 aromatic carbocycles. The Labute approximate surface area is 110 Å². The fraction of sp³-hybridized carbons (Fsp3) is 0.583. The minimum atomic E-state index is -4.42. The SMILES string of the molecule is CNc1cc(C(F)(F)F)cc(NC(C)C(C)CO)n1. The zero-order valence-electron chi connectivity index (χ0n) is 11.0. The number of halogens is 3. The highest BCUT2D eigenvalue weighted by molar-refractivity contribution is 5.49. The molecule has 2 unspecified atom stereocenters. The van der Waals surface area contributed by atoms with Crippen LogP contribution in [-0.2, 0) is 6.18 Å². The number of nitrogens with one attached hydrogen (secondary N) is 2. The van der Waals surface area contributed by atoms with E-state index in [-0.39, 0.29) is 30.2 Å². The van der Waals surface area contributed by atoms with Crippen LogP contribution in [0.5, 0.6) is 0 Å². The van der Waals surface area contributed by atoms with E-state index < -0.39 is 11.7 Å². The van der Waals surface area contributed by atoms with Gasteiger partial charge in [-0.15, -0.1) is 0 Å². The molecule has 2 atom stereocenters. The predicted octanol–water partition coefficient (Wildman–Crippen LogP) is 2.57. The van der Waals surface area contributed by atoms with Gasteiger partial charge in [-0.2, -0.15) is 13.2 Å². The van der Waals surface area contributed by atoms with Gasteiger partial charge < -0.3 is 15.7 Å². The van der Waals surface area contributed by atoms with Crippen molar-refractivity contribution < 1.29 is 18.3 Å². The van der Waals surface area contributed by atoms with E-state index in [1.54, 1.807) is 13.8 Å². The normalized spacial score (nSPS) is 14.9. The maximum Gasteiger partial charge on any atom is 0.416 e. The second kappa shape index (κ2) is 6.10. The van der Waals surface area contributed by atoms with Crippen LogP contribution < -0.4 is 10.6 Å². The minimum Gasteiger partial charge on any atom is -0.396 e. The van der Waals surface area contributed by atoms with Crippen molar-refractivity contribution in [2.45, 2.75) is 26.1 Å². The van der Waals surface area contributed by atoms with Crippen molar-refractivity contribution in [3.05, 3.63) is 17.7 Å². The van der Waals surface area contributed by atoms with Crippen molar-refractivity contribution >= 4 is 11.6 Å². The molecule has 0 fully saturated rings. The van der Waals surface area contributed by atoms with E-state index in [2.05, 4.69) is 15.6 Å².